The molecule has 70 valence electrons. The maximum absolute atomic E-state index is 3.45. The van der Waals surface area contributed by atoms with Crippen LogP contribution in [0.4, 0.5) is 0 Å². The third kappa shape index (κ3) is 2.66. The van der Waals surface area contributed by atoms with E-state index in [1.807, 2.05) is 0 Å². The molecule has 1 saturated heterocycles. The van der Waals surface area contributed by atoms with Crippen molar-refractivity contribution in [3.63, 3.8) is 0 Å². The largest absolute Gasteiger partial charge is 0.311 e. The van der Waals surface area contributed by atoms with Crippen LogP contribution in [-0.2, 0) is 0 Å². The standard InChI is InChI=1S/C10H12BrNS/c11-10-6-5-9(13-10)4-3-8-2-1-7-12-8/h3-6,8,12H,1-2,7H2/b4-3+. The fourth-order valence-corrected chi connectivity index (χ4v) is 2.84. The predicted octanol–water partition coefficient (Wildman–Crippen LogP) is 3.28. The molecule has 0 aromatic carbocycles. The maximum atomic E-state index is 3.45. The minimum absolute atomic E-state index is 0.598. The molecule has 0 radical (unpaired) electrons. The van der Waals surface area contributed by atoms with Gasteiger partial charge in [-0.3, -0.25) is 0 Å². The third-order valence-electron chi connectivity index (χ3n) is 2.19. The van der Waals surface area contributed by atoms with Gasteiger partial charge in [-0.05, 0) is 53.5 Å². The van der Waals surface area contributed by atoms with Crippen LogP contribution >= 0.6 is 27.3 Å². The monoisotopic (exact) mass is 257 g/mol. The summed E-state index contributed by atoms with van der Waals surface area (Å²) in [6.45, 7) is 1.17. The molecule has 0 aliphatic carbocycles. The zero-order valence-corrected chi connectivity index (χ0v) is 9.70. The molecule has 2 rings (SSSR count). The Hall–Kier alpha value is -0.120. The van der Waals surface area contributed by atoms with Crippen LogP contribution in [0.15, 0.2) is 22.0 Å². The zero-order valence-electron chi connectivity index (χ0n) is 7.29. The maximum Gasteiger partial charge on any atom is 0.0704 e. The molecule has 1 aliphatic rings. The predicted molar refractivity (Wildman–Crippen MR) is 62.1 cm³/mol. The van der Waals surface area contributed by atoms with E-state index >= 15 is 0 Å². The Balaban J connectivity index is 1.96. The molecule has 1 fully saturated rings. The molecule has 0 spiro atoms. The van der Waals surface area contributed by atoms with Gasteiger partial charge in [-0.2, -0.15) is 0 Å². The van der Waals surface area contributed by atoms with Gasteiger partial charge < -0.3 is 5.32 Å². The van der Waals surface area contributed by atoms with Gasteiger partial charge in [-0.25, -0.2) is 0 Å². The van der Waals surface area contributed by atoms with Crippen LogP contribution in [0.25, 0.3) is 6.08 Å². The van der Waals surface area contributed by atoms with E-state index in [-0.39, 0.29) is 0 Å². The lowest BCUT2D eigenvalue weighted by atomic mass is 10.2. The van der Waals surface area contributed by atoms with E-state index in [9.17, 15) is 0 Å². The molecule has 1 unspecified atom stereocenters. The minimum atomic E-state index is 0.598. The second kappa shape index (κ2) is 4.40. The zero-order chi connectivity index (χ0) is 9.10. The summed E-state index contributed by atoms with van der Waals surface area (Å²) in [5.74, 6) is 0. The molecule has 13 heavy (non-hydrogen) atoms. The second-order valence-electron chi connectivity index (χ2n) is 3.20. The van der Waals surface area contributed by atoms with Crippen LogP contribution < -0.4 is 5.32 Å². The van der Waals surface area contributed by atoms with Gasteiger partial charge in [0.05, 0.1) is 3.79 Å². The number of hydrogen-bond acceptors (Lipinski definition) is 2. The van der Waals surface area contributed by atoms with Crippen molar-refractivity contribution in [2.24, 2.45) is 0 Å². The van der Waals surface area contributed by atoms with Crippen LogP contribution in [0.2, 0.25) is 0 Å². The number of thiophene rings is 1. The van der Waals surface area contributed by atoms with Crippen molar-refractivity contribution in [3.8, 4) is 0 Å². The molecule has 1 nitrogen and oxygen atoms in total. The summed E-state index contributed by atoms with van der Waals surface area (Å²) in [7, 11) is 0. The highest BCUT2D eigenvalue weighted by atomic mass is 79.9. The first kappa shape index (κ1) is 9.44. The lowest BCUT2D eigenvalue weighted by molar-refractivity contribution is 0.730. The molecule has 0 bridgehead atoms. The first-order chi connectivity index (χ1) is 6.34. The van der Waals surface area contributed by atoms with E-state index in [1.54, 1.807) is 11.3 Å². The summed E-state index contributed by atoms with van der Waals surface area (Å²) in [6.07, 6.45) is 7.07. The average Bonchev–Trinajstić information content (AvgIpc) is 2.71. The van der Waals surface area contributed by atoms with Gasteiger partial charge >= 0.3 is 0 Å². The Morgan fingerprint density at radius 3 is 3.08 bits per heavy atom. The number of nitrogens with one attached hydrogen (secondary N) is 1. The summed E-state index contributed by atoms with van der Waals surface area (Å²) in [5.41, 5.74) is 0. The number of halogens is 1. The Labute approximate surface area is 91.0 Å². The number of rotatable bonds is 2. The van der Waals surface area contributed by atoms with E-state index < -0.39 is 0 Å². The van der Waals surface area contributed by atoms with Gasteiger partial charge in [-0.1, -0.05) is 6.08 Å². The van der Waals surface area contributed by atoms with Gasteiger partial charge in [0.1, 0.15) is 0 Å². The Kier molecular flexibility index (Phi) is 3.19. The first-order valence-electron chi connectivity index (χ1n) is 4.51. The molecule has 0 amide bonds. The second-order valence-corrected chi connectivity index (χ2v) is 5.70. The molecule has 1 atom stereocenters. The summed E-state index contributed by atoms with van der Waals surface area (Å²) >= 11 is 5.23. The van der Waals surface area contributed by atoms with E-state index in [0.717, 1.165) is 0 Å². The highest BCUT2D eigenvalue weighted by Gasteiger charge is 2.09. The van der Waals surface area contributed by atoms with Crippen molar-refractivity contribution in [1.29, 1.82) is 0 Å². The minimum Gasteiger partial charge on any atom is -0.311 e. The highest BCUT2D eigenvalue weighted by molar-refractivity contribution is 9.11. The topological polar surface area (TPSA) is 12.0 Å². The molecule has 1 aromatic rings. The quantitative estimate of drug-likeness (QED) is 0.858. The Morgan fingerprint density at radius 1 is 1.54 bits per heavy atom. The lowest BCUT2D eigenvalue weighted by Crippen LogP contribution is -2.17. The SMILES string of the molecule is Brc1ccc(/C=C/C2CCCN2)s1. The molecule has 0 saturated carbocycles. The lowest BCUT2D eigenvalue weighted by Gasteiger charge is -2.00. The van der Waals surface area contributed by atoms with Crippen LogP contribution in [-0.4, -0.2) is 12.6 Å². The molecule has 3 heteroatoms. The van der Waals surface area contributed by atoms with Gasteiger partial charge in [-0.15, -0.1) is 11.3 Å². The molecule has 1 N–H and O–H groups in total. The Bertz CT molecular complexity index is 300. The van der Waals surface area contributed by atoms with E-state index in [2.05, 4.69) is 45.5 Å². The van der Waals surface area contributed by atoms with Crippen molar-refractivity contribution in [2.45, 2.75) is 18.9 Å². The fraction of sp³-hybridized carbons (Fsp3) is 0.400. The molecule has 1 aliphatic heterocycles. The summed E-state index contributed by atoms with van der Waals surface area (Å²) in [6, 6.07) is 4.83. The van der Waals surface area contributed by atoms with Crippen molar-refractivity contribution < 1.29 is 0 Å². The van der Waals surface area contributed by atoms with Gasteiger partial charge in [0.2, 0.25) is 0 Å². The molecule has 1 aromatic heterocycles. The van der Waals surface area contributed by atoms with E-state index in [4.69, 9.17) is 0 Å². The fourth-order valence-electron chi connectivity index (χ4n) is 1.50. The first-order valence-corrected chi connectivity index (χ1v) is 6.12. The van der Waals surface area contributed by atoms with Crippen LogP contribution in [0, 0.1) is 0 Å². The van der Waals surface area contributed by atoms with Gasteiger partial charge in [0, 0.05) is 10.9 Å². The smallest absolute Gasteiger partial charge is 0.0704 e. The Morgan fingerprint density at radius 2 is 2.46 bits per heavy atom. The van der Waals surface area contributed by atoms with Crippen molar-refractivity contribution in [1.82, 2.24) is 5.32 Å². The molecular weight excluding hydrogens is 246 g/mol. The van der Waals surface area contributed by atoms with Crippen molar-refractivity contribution in [3.05, 3.63) is 26.9 Å². The van der Waals surface area contributed by atoms with Gasteiger partial charge in [0.25, 0.3) is 0 Å². The van der Waals surface area contributed by atoms with Crippen LogP contribution in [0.1, 0.15) is 17.7 Å². The summed E-state index contributed by atoms with van der Waals surface area (Å²) < 4.78 is 1.20. The molecular formula is C10H12BrNS. The van der Waals surface area contributed by atoms with Gasteiger partial charge in [0.15, 0.2) is 0 Å². The number of hydrogen-bond donors (Lipinski definition) is 1. The summed E-state index contributed by atoms with van der Waals surface area (Å²) in [4.78, 5) is 1.32. The van der Waals surface area contributed by atoms with Crippen LogP contribution in [0.3, 0.4) is 0 Å². The molecule has 2 heterocycles. The average molecular weight is 258 g/mol. The third-order valence-corrected chi connectivity index (χ3v) is 3.77. The van der Waals surface area contributed by atoms with Crippen molar-refractivity contribution >= 4 is 33.3 Å². The van der Waals surface area contributed by atoms with E-state index in [1.165, 1.54) is 28.0 Å². The summed E-state index contributed by atoms with van der Waals surface area (Å²) in [5, 5.41) is 3.44. The van der Waals surface area contributed by atoms with E-state index in [0.29, 0.717) is 6.04 Å². The normalized spacial score (nSPS) is 23.0. The van der Waals surface area contributed by atoms with Crippen LogP contribution in [0.5, 0.6) is 0 Å². The van der Waals surface area contributed by atoms with Crippen molar-refractivity contribution in [2.75, 3.05) is 6.54 Å². The highest BCUT2D eigenvalue weighted by Crippen LogP contribution is 2.23.